The zero-order chi connectivity index (χ0) is 9.10. The molecule has 1 aromatic rings. The van der Waals surface area contributed by atoms with Crippen LogP contribution in [0.1, 0.15) is 6.42 Å². The molecule has 0 aromatic carbocycles. The fraction of sp³-hybridized carbons (Fsp3) is 0.625. The van der Waals surface area contributed by atoms with Crippen molar-refractivity contribution in [2.24, 2.45) is 0 Å². The summed E-state index contributed by atoms with van der Waals surface area (Å²) in [6.07, 6.45) is 4.35. The van der Waals surface area contributed by atoms with E-state index in [1.54, 1.807) is 6.20 Å². The third-order valence-corrected chi connectivity index (χ3v) is 2.41. The Balaban J connectivity index is 2.08. The molecule has 0 spiro atoms. The minimum atomic E-state index is 0.526. The van der Waals surface area contributed by atoms with E-state index in [0.29, 0.717) is 6.04 Å². The van der Waals surface area contributed by atoms with Gasteiger partial charge in [0.05, 0.1) is 6.20 Å². The Kier molecular flexibility index (Phi) is 2.35. The standard InChI is InChI=1S/C8H13N5/c1-13(7-2-3-9-4-7)8-5-10-6-11-12-8/h5-7,9H,2-4H2,1H3. The van der Waals surface area contributed by atoms with Crippen LogP contribution in [0.25, 0.3) is 0 Å². The number of anilines is 1. The van der Waals surface area contributed by atoms with Crippen molar-refractivity contribution in [1.82, 2.24) is 20.5 Å². The summed E-state index contributed by atoms with van der Waals surface area (Å²) >= 11 is 0. The van der Waals surface area contributed by atoms with Gasteiger partial charge in [-0.25, -0.2) is 4.98 Å². The second kappa shape index (κ2) is 3.66. The summed E-state index contributed by atoms with van der Waals surface area (Å²) in [4.78, 5) is 6.07. The largest absolute Gasteiger partial charge is 0.353 e. The highest BCUT2D eigenvalue weighted by Crippen LogP contribution is 2.12. The zero-order valence-electron chi connectivity index (χ0n) is 7.64. The van der Waals surface area contributed by atoms with Gasteiger partial charge >= 0.3 is 0 Å². The van der Waals surface area contributed by atoms with E-state index in [1.165, 1.54) is 6.33 Å². The molecule has 0 bridgehead atoms. The number of rotatable bonds is 2. The van der Waals surface area contributed by atoms with Crippen molar-refractivity contribution in [1.29, 1.82) is 0 Å². The lowest BCUT2D eigenvalue weighted by Crippen LogP contribution is -2.34. The summed E-state index contributed by atoms with van der Waals surface area (Å²) in [5, 5.41) is 11.1. The number of nitrogens with one attached hydrogen (secondary N) is 1. The number of hydrogen-bond donors (Lipinski definition) is 1. The van der Waals surface area contributed by atoms with Gasteiger partial charge in [0.1, 0.15) is 6.33 Å². The van der Waals surface area contributed by atoms with E-state index in [4.69, 9.17) is 0 Å². The van der Waals surface area contributed by atoms with Crippen LogP contribution in [0.3, 0.4) is 0 Å². The van der Waals surface area contributed by atoms with Crippen LogP contribution in [0.4, 0.5) is 5.82 Å². The van der Waals surface area contributed by atoms with E-state index >= 15 is 0 Å². The second-order valence-corrected chi connectivity index (χ2v) is 3.22. The molecular formula is C8H13N5. The van der Waals surface area contributed by atoms with E-state index in [-0.39, 0.29) is 0 Å². The molecule has 0 radical (unpaired) electrons. The van der Waals surface area contributed by atoms with Crippen molar-refractivity contribution in [2.75, 3.05) is 25.0 Å². The van der Waals surface area contributed by atoms with E-state index in [0.717, 1.165) is 25.3 Å². The fourth-order valence-electron chi connectivity index (χ4n) is 1.56. The lowest BCUT2D eigenvalue weighted by atomic mass is 10.2. The zero-order valence-corrected chi connectivity index (χ0v) is 7.64. The first-order valence-corrected chi connectivity index (χ1v) is 4.44. The van der Waals surface area contributed by atoms with Crippen molar-refractivity contribution in [3.8, 4) is 0 Å². The molecule has 1 unspecified atom stereocenters. The second-order valence-electron chi connectivity index (χ2n) is 3.22. The maximum atomic E-state index is 4.01. The Morgan fingerprint density at radius 2 is 2.54 bits per heavy atom. The predicted molar refractivity (Wildman–Crippen MR) is 49.5 cm³/mol. The lowest BCUT2D eigenvalue weighted by molar-refractivity contribution is 0.669. The van der Waals surface area contributed by atoms with Crippen LogP contribution in [0, 0.1) is 0 Å². The maximum Gasteiger partial charge on any atom is 0.169 e. The van der Waals surface area contributed by atoms with Crippen molar-refractivity contribution in [3.05, 3.63) is 12.5 Å². The Labute approximate surface area is 77.2 Å². The molecule has 2 heterocycles. The topological polar surface area (TPSA) is 53.9 Å². The summed E-state index contributed by atoms with van der Waals surface area (Å²) in [6.45, 7) is 2.11. The Morgan fingerprint density at radius 3 is 3.15 bits per heavy atom. The van der Waals surface area contributed by atoms with E-state index in [9.17, 15) is 0 Å². The summed E-state index contributed by atoms with van der Waals surface area (Å²) in [5.74, 6) is 0.844. The van der Waals surface area contributed by atoms with Crippen LogP contribution < -0.4 is 10.2 Å². The van der Waals surface area contributed by atoms with Crippen LogP contribution in [0.15, 0.2) is 12.5 Å². The molecule has 0 aliphatic carbocycles. The van der Waals surface area contributed by atoms with Crippen molar-refractivity contribution in [3.63, 3.8) is 0 Å². The normalized spacial score (nSPS) is 21.8. The van der Waals surface area contributed by atoms with Crippen molar-refractivity contribution < 1.29 is 0 Å². The minimum Gasteiger partial charge on any atom is -0.353 e. The summed E-state index contributed by atoms with van der Waals surface area (Å²) in [7, 11) is 2.03. The highest BCUT2D eigenvalue weighted by Gasteiger charge is 2.20. The third kappa shape index (κ3) is 1.75. The van der Waals surface area contributed by atoms with E-state index < -0.39 is 0 Å². The van der Waals surface area contributed by atoms with E-state index in [1.807, 2.05) is 7.05 Å². The number of aromatic nitrogens is 3. The molecular weight excluding hydrogens is 166 g/mol. The smallest absolute Gasteiger partial charge is 0.169 e. The molecule has 1 aliphatic rings. The van der Waals surface area contributed by atoms with Gasteiger partial charge in [0.25, 0.3) is 0 Å². The quantitative estimate of drug-likeness (QED) is 0.673. The molecule has 1 N–H and O–H groups in total. The van der Waals surface area contributed by atoms with Crippen LogP contribution >= 0.6 is 0 Å². The molecule has 5 heteroatoms. The molecule has 1 atom stereocenters. The SMILES string of the molecule is CN(c1cncnn1)C1CCNC1. The Hall–Kier alpha value is -1.23. The molecule has 1 fully saturated rings. The summed E-state index contributed by atoms with van der Waals surface area (Å²) < 4.78 is 0. The van der Waals surface area contributed by atoms with Crippen LogP contribution in [-0.2, 0) is 0 Å². The monoisotopic (exact) mass is 179 g/mol. The first-order chi connectivity index (χ1) is 6.38. The van der Waals surface area contributed by atoms with Gasteiger partial charge in [-0.15, -0.1) is 10.2 Å². The van der Waals surface area contributed by atoms with Gasteiger partial charge in [-0.3, -0.25) is 0 Å². The molecule has 2 rings (SSSR count). The molecule has 1 aliphatic heterocycles. The molecule has 0 amide bonds. The molecule has 1 aromatic heterocycles. The number of hydrogen-bond acceptors (Lipinski definition) is 5. The average molecular weight is 179 g/mol. The number of nitrogens with zero attached hydrogens (tertiary/aromatic N) is 4. The molecule has 5 nitrogen and oxygen atoms in total. The first kappa shape index (κ1) is 8.37. The van der Waals surface area contributed by atoms with Gasteiger partial charge in [0, 0.05) is 19.6 Å². The van der Waals surface area contributed by atoms with Gasteiger partial charge < -0.3 is 10.2 Å². The van der Waals surface area contributed by atoms with Gasteiger partial charge in [-0.05, 0) is 13.0 Å². The fourth-order valence-corrected chi connectivity index (χ4v) is 1.56. The highest BCUT2D eigenvalue weighted by molar-refractivity contribution is 5.34. The van der Waals surface area contributed by atoms with Gasteiger partial charge in [-0.2, -0.15) is 0 Å². The lowest BCUT2D eigenvalue weighted by Gasteiger charge is -2.23. The van der Waals surface area contributed by atoms with Crippen LogP contribution in [0.2, 0.25) is 0 Å². The molecule has 70 valence electrons. The number of likely N-dealkylation sites (N-methyl/N-ethyl adjacent to an activating group) is 1. The Morgan fingerprint density at radius 1 is 1.62 bits per heavy atom. The molecule has 1 saturated heterocycles. The molecule has 0 saturated carbocycles. The van der Waals surface area contributed by atoms with E-state index in [2.05, 4.69) is 25.4 Å². The predicted octanol–water partition coefficient (Wildman–Crippen LogP) is -0.330. The maximum absolute atomic E-state index is 4.01. The average Bonchev–Trinajstić information content (AvgIpc) is 2.71. The van der Waals surface area contributed by atoms with Crippen molar-refractivity contribution in [2.45, 2.75) is 12.5 Å². The summed E-state index contributed by atoms with van der Waals surface area (Å²) in [6, 6.07) is 0.526. The van der Waals surface area contributed by atoms with Crippen LogP contribution in [0.5, 0.6) is 0 Å². The first-order valence-electron chi connectivity index (χ1n) is 4.44. The Bertz CT molecular complexity index is 256. The van der Waals surface area contributed by atoms with Crippen molar-refractivity contribution >= 4 is 5.82 Å². The summed E-state index contributed by atoms with van der Waals surface area (Å²) in [5.41, 5.74) is 0. The molecule has 13 heavy (non-hydrogen) atoms. The highest BCUT2D eigenvalue weighted by atomic mass is 15.3. The third-order valence-electron chi connectivity index (χ3n) is 2.41. The van der Waals surface area contributed by atoms with Gasteiger partial charge in [0.15, 0.2) is 5.82 Å². The van der Waals surface area contributed by atoms with Gasteiger partial charge in [0.2, 0.25) is 0 Å². The van der Waals surface area contributed by atoms with Crippen LogP contribution in [-0.4, -0.2) is 41.4 Å². The minimum absolute atomic E-state index is 0.526. The van der Waals surface area contributed by atoms with Gasteiger partial charge in [-0.1, -0.05) is 0 Å².